The predicted molar refractivity (Wildman–Crippen MR) is 74.3 cm³/mol. The van der Waals surface area contributed by atoms with E-state index in [9.17, 15) is 0 Å². The van der Waals surface area contributed by atoms with E-state index >= 15 is 0 Å². The number of hydrogen-bond donors (Lipinski definition) is 1. The van der Waals surface area contributed by atoms with Gasteiger partial charge in [-0.05, 0) is 19.6 Å². The molecule has 0 spiro atoms. The van der Waals surface area contributed by atoms with Crippen molar-refractivity contribution in [3.63, 3.8) is 0 Å². The zero-order valence-corrected chi connectivity index (χ0v) is 18.4. The van der Waals surface area contributed by atoms with Gasteiger partial charge >= 0.3 is 0 Å². The van der Waals surface area contributed by atoms with Crippen molar-refractivity contribution in [1.82, 2.24) is 12.4 Å². The Labute approximate surface area is 88.8 Å². The van der Waals surface area contributed by atoms with Gasteiger partial charge in [-0.15, -0.1) is 0 Å². The molecule has 0 aromatic carbocycles. The van der Waals surface area contributed by atoms with Crippen LogP contribution in [0.2, 0.25) is 19.6 Å². The highest BCUT2D eigenvalue weighted by Crippen LogP contribution is 2.13. The van der Waals surface area contributed by atoms with E-state index in [4.69, 9.17) is 0 Å². The van der Waals surface area contributed by atoms with Gasteiger partial charge in [0.1, 0.15) is 0 Å². The number of nitrogens with one attached hydrogen (secondary N) is 1. The quantitative estimate of drug-likeness (QED) is 0.446. The molecule has 0 radical (unpaired) electrons. The Morgan fingerprint density at radius 2 is 1.50 bits per heavy atom. The minimum Gasteiger partial charge on any atom is -0.358 e. The molecule has 0 aromatic rings. The Bertz CT molecular complexity index is 159. The van der Waals surface area contributed by atoms with E-state index in [0.29, 0.717) is 0 Å². The molecule has 1 aliphatic rings. The highest BCUT2D eigenvalue weighted by molar-refractivity contribution is 7.23. The van der Waals surface area contributed by atoms with Gasteiger partial charge in [0.25, 0.3) is 0 Å². The average molecular weight is 268 g/mol. The van der Waals surface area contributed by atoms with Gasteiger partial charge < -0.3 is 12.4 Å². The van der Waals surface area contributed by atoms with Crippen LogP contribution >= 0.6 is 0 Å². The second-order valence-electron chi connectivity index (χ2n) is 4.23. The molecule has 2 unspecified atom stereocenters. The zero-order chi connectivity index (χ0) is 9.52. The second-order valence-corrected chi connectivity index (χ2v) is 26.7. The van der Waals surface area contributed by atoms with E-state index in [0.717, 1.165) is 0 Å². The Kier molecular flexibility index (Phi) is 3.51. The van der Waals surface area contributed by atoms with Crippen molar-refractivity contribution in [3.8, 4) is 0 Å². The Balaban J connectivity index is 2.82. The van der Waals surface area contributed by atoms with Crippen LogP contribution in [0.1, 0.15) is 0 Å². The maximum Gasteiger partial charge on any atom is 0.165 e. The first-order valence-electron chi connectivity index (χ1n) is 4.59. The van der Waals surface area contributed by atoms with E-state index in [1.54, 1.807) is 0 Å². The first-order chi connectivity index (χ1) is 5.37. The second kappa shape index (κ2) is 3.74. The lowest BCUT2D eigenvalue weighted by atomic mass is 11.9. The van der Waals surface area contributed by atoms with E-state index in [2.05, 4.69) is 32.1 Å². The third-order valence-electron chi connectivity index (χ3n) is 3.37. The molecular weight excluding hydrogens is 247 g/mol. The summed E-state index contributed by atoms with van der Waals surface area (Å²) in [6.45, 7) is 7.55. The normalized spacial score (nSPS) is 47.2. The topological polar surface area (TPSA) is 18.5 Å². The molecular formula is C3H21N3Si6. The average Bonchev–Trinajstić information content (AvgIpc) is 1.99. The van der Waals surface area contributed by atoms with Gasteiger partial charge in [0, 0.05) is 9.76 Å². The van der Waals surface area contributed by atoms with Gasteiger partial charge in [0.05, 0.1) is 20.8 Å². The molecule has 72 valence electrons. The lowest BCUT2D eigenvalue weighted by molar-refractivity contribution is 0.820. The summed E-state index contributed by atoms with van der Waals surface area (Å²) in [5.74, 6) is 0. The van der Waals surface area contributed by atoms with Crippen LogP contribution in [-0.4, -0.2) is 64.5 Å². The van der Waals surface area contributed by atoms with Crippen molar-refractivity contribution < 1.29 is 0 Å². The number of hydrogen-bond acceptors (Lipinski definition) is 3. The monoisotopic (exact) mass is 267 g/mol. The van der Waals surface area contributed by atoms with Crippen LogP contribution in [-0.2, 0) is 0 Å². The molecule has 0 aromatic heterocycles. The minimum atomic E-state index is -0.933. The first-order valence-corrected chi connectivity index (χ1v) is 16.8. The van der Waals surface area contributed by atoms with Crippen LogP contribution < -0.4 is 4.65 Å². The van der Waals surface area contributed by atoms with Gasteiger partial charge in [-0.1, -0.05) is 0 Å². The number of rotatable bonds is 0. The molecule has 0 aliphatic carbocycles. The summed E-state index contributed by atoms with van der Waals surface area (Å²) >= 11 is 0. The van der Waals surface area contributed by atoms with Crippen molar-refractivity contribution in [2.75, 3.05) is 0 Å². The first kappa shape index (κ1) is 11.3. The Morgan fingerprint density at radius 3 is 1.83 bits per heavy atom. The molecule has 0 bridgehead atoms. The highest BCUT2D eigenvalue weighted by atomic mass is 29.2. The van der Waals surface area contributed by atoms with Crippen molar-refractivity contribution in [2.24, 2.45) is 0 Å². The van der Waals surface area contributed by atoms with Gasteiger partial charge in [-0.25, -0.2) is 0 Å². The standard InChI is InChI=1S/C3H21N3Si6/c1-10-4-11(2)6(8)12(3,9)5(10)7/h4,10-11H,1-3,7-9H3. The largest absolute Gasteiger partial charge is 0.358 e. The molecule has 2 atom stereocenters. The van der Waals surface area contributed by atoms with Crippen molar-refractivity contribution in [1.29, 1.82) is 0 Å². The molecule has 3 nitrogen and oxygen atoms in total. The van der Waals surface area contributed by atoms with E-state index in [1.165, 1.54) is 30.6 Å². The summed E-state index contributed by atoms with van der Waals surface area (Å²) in [6, 6.07) is 0. The van der Waals surface area contributed by atoms with E-state index < -0.39 is 26.2 Å². The van der Waals surface area contributed by atoms with Crippen molar-refractivity contribution in [3.05, 3.63) is 0 Å². The molecule has 1 rings (SSSR count). The maximum atomic E-state index is 3.89. The van der Waals surface area contributed by atoms with Crippen LogP contribution in [0.15, 0.2) is 0 Å². The SMILES string of the molecule is C[SiH]1N[SiH](C)N([SiH3])[Si](C)([SiH3])N1[SiH3]. The highest BCUT2D eigenvalue weighted by Gasteiger charge is 2.40. The maximum absolute atomic E-state index is 3.89. The third kappa shape index (κ3) is 1.83. The molecule has 1 saturated heterocycles. The molecule has 0 saturated carbocycles. The summed E-state index contributed by atoms with van der Waals surface area (Å²) in [4.78, 5) is 0. The fraction of sp³-hybridized carbons (Fsp3) is 1.00. The predicted octanol–water partition coefficient (Wildman–Crippen LogP) is -4.61. The van der Waals surface area contributed by atoms with Gasteiger partial charge in [-0.2, -0.15) is 0 Å². The van der Waals surface area contributed by atoms with Gasteiger partial charge in [-0.3, -0.25) is 0 Å². The molecule has 1 heterocycles. The van der Waals surface area contributed by atoms with Crippen molar-refractivity contribution in [2.45, 2.75) is 19.6 Å². The van der Waals surface area contributed by atoms with Gasteiger partial charge in [0.15, 0.2) is 26.2 Å². The third-order valence-corrected chi connectivity index (χ3v) is 43.0. The van der Waals surface area contributed by atoms with Crippen LogP contribution in [0, 0.1) is 0 Å². The molecule has 9 heteroatoms. The minimum absolute atomic E-state index is 0.626. The van der Waals surface area contributed by atoms with Crippen LogP contribution in [0.5, 0.6) is 0 Å². The lowest BCUT2D eigenvalue weighted by Crippen LogP contribution is -2.80. The zero-order valence-electron chi connectivity index (χ0n) is 9.05. The summed E-state index contributed by atoms with van der Waals surface area (Å²) < 4.78 is 9.67. The fourth-order valence-electron chi connectivity index (χ4n) is 1.77. The van der Waals surface area contributed by atoms with Gasteiger partial charge in [0.2, 0.25) is 0 Å². The summed E-state index contributed by atoms with van der Waals surface area (Å²) in [5.41, 5.74) is 0. The lowest BCUT2D eigenvalue weighted by Gasteiger charge is -2.53. The molecule has 1 N–H and O–H groups in total. The summed E-state index contributed by atoms with van der Waals surface area (Å²) in [6.07, 6.45) is 0. The summed E-state index contributed by atoms with van der Waals surface area (Å²) in [5, 5.41) is 0. The van der Waals surface area contributed by atoms with E-state index in [-0.39, 0.29) is 0 Å². The van der Waals surface area contributed by atoms with Crippen LogP contribution in [0.3, 0.4) is 0 Å². The van der Waals surface area contributed by atoms with E-state index in [1.807, 2.05) is 0 Å². The number of nitrogens with zero attached hydrogens (tertiary/aromatic N) is 2. The Hall–Kier alpha value is 1.18. The molecule has 1 fully saturated rings. The smallest absolute Gasteiger partial charge is 0.165 e. The molecule has 12 heavy (non-hydrogen) atoms. The fourth-order valence-corrected chi connectivity index (χ4v) is 31.4. The molecule has 1 aliphatic heterocycles. The van der Waals surface area contributed by atoms with Crippen molar-refractivity contribution >= 4 is 56.7 Å². The Morgan fingerprint density at radius 1 is 1.17 bits per heavy atom. The van der Waals surface area contributed by atoms with Crippen LogP contribution in [0.4, 0.5) is 0 Å². The molecule has 0 amide bonds. The van der Waals surface area contributed by atoms with Crippen LogP contribution in [0.25, 0.3) is 0 Å². The summed E-state index contributed by atoms with van der Waals surface area (Å²) in [7, 11) is 1.87.